The predicted molar refractivity (Wildman–Crippen MR) is 39.0 cm³/mol. The van der Waals surface area contributed by atoms with Crippen molar-refractivity contribution < 1.29 is 0 Å². The lowest BCUT2D eigenvalue weighted by Crippen LogP contribution is -2.18. The number of nitriles is 2. The van der Waals surface area contributed by atoms with E-state index < -0.39 is 5.41 Å². The smallest absolute Gasteiger partial charge is 0.0916 e. The van der Waals surface area contributed by atoms with Gasteiger partial charge in [0.1, 0.15) is 0 Å². The van der Waals surface area contributed by atoms with E-state index in [1.165, 1.54) is 0 Å². The van der Waals surface area contributed by atoms with Gasteiger partial charge in [0.2, 0.25) is 0 Å². The van der Waals surface area contributed by atoms with Crippen LogP contribution in [-0.2, 0) is 0 Å². The number of hydrogen-bond donors (Lipinski definition) is 0. The summed E-state index contributed by atoms with van der Waals surface area (Å²) in [4.78, 5) is 0. The fraction of sp³-hybridized carbons (Fsp3) is 0.556. The summed E-state index contributed by atoms with van der Waals surface area (Å²) >= 11 is 0. The van der Waals surface area contributed by atoms with E-state index >= 15 is 0 Å². The lowest BCUT2D eigenvalue weighted by atomic mass is 9.80. The highest BCUT2D eigenvalue weighted by Crippen LogP contribution is 2.52. The van der Waals surface area contributed by atoms with Crippen LogP contribution in [0.2, 0.25) is 0 Å². The lowest BCUT2D eigenvalue weighted by Gasteiger charge is -2.17. The van der Waals surface area contributed by atoms with Crippen molar-refractivity contribution in [2.75, 3.05) is 0 Å². The van der Waals surface area contributed by atoms with Gasteiger partial charge in [0.05, 0.1) is 23.5 Å². The first-order valence-electron chi connectivity index (χ1n) is 3.81. The van der Waals surface area contributed by atoms with Crippen LogP contribution >= 0.6 is 0 Å². The van der Waals surface area contributed by atoms with Crippen molar-refractivity contribution in [2.45, 2.75) is 12.8 Å². The van der Waals surface area contributed by atoms with Gasteiger partial charge in [-0.25, -0.2) is 0 Å². The summed E-state index contributed by atoms with van der Waals surface area (Å²) in [5.41, 5.74) is -0.417. The maximum absolute atomic E-state index is 8.89. The Hall–Kier alpha value is -1.28. The van der Waals surface area contributed by atoms with E-state index in [4.69, 9.17) is 10.5 Å². The molecule has 0 aromatic rings. The fourth-order valence-electron chi connectivity index (χ4n) is 2.14. The molecule has 0 amide bonds. The number of fused-ring (bicyclic) bond motifs is 2. The van der Waals surface area contributed by atoms with Gasteiger partial charge in [-0.05, 0) is 18.8 Å². The molecule has 1 saturated carbocycles. The maximum Gasteiger partial charge on any atom is 0.0916 e. The second kappa shape index (κ2) is 1.86. The Balaban J connectivity index is 2.41. The Morgan fingerprint density at radius 3 is 2.73 bits per heavy atom. The summed E-state index contributed by atoms with van der Waals surface area (Å²) < 4.78 is 0. The average molecular weight is 144 g/mol. The first kappa shape index (κ1) is 6.43. The molecular weight excluding hydrogens is 136 g/mol. The summed E-state index contributed by atoms with van der Waals surface area (Å²) in [6.07, 6.45) is 5.77. The van der Waals surface area contributed by atoms with Crippen LogP contribution in [0.4, 0.5) is 0 Å². The Kier molecular flexibility index (Phi) is 1.09. The molecule has 2 rings (SSSR count). The second-order valence-corrected chi connectivity index (χ2v) is 3.39. The summed E-state index contributed by atoms with van der Waals surface area (Å²) in [5.74, 6) is 0.446. The molecule has 2 aliphatic carbocycles. The third-order valence-electron chi connectivity index (χ3n) is 2.79. The molecule has 0 aromatic heterocycles. The fourth-order valence-corrected chi connectivity index (χ4v) is 2.14. The van der Waals surface area contributed by atoms with Crippen molar-refractivity contribution in [1.82, 2.24) is 0 Å². The second-order valence-electron chi connectivity index (χ2n) is 3.39. The van der Waals surface area contributed by atoms with Gasteiger partial charge in [0.25, 0.3) is 0 Å². The highest BCUT2D eigenvalue weighted by atomic mass is 14.5. The zero-order valence-corrected chi connectivity index (χ0v) is 6.12. The van der Waals surface area contributed by atoms with E-state index in [9.17, 15) is 0 Å². The predicted octanol–water partition coefficient (Wildman–Crippen LogP) is 1.62. The van der Waals surface area contributed by atoms with Gasteiger partial charge in [0, 0.05) is 0 Å². The summed E-state index contributed by atoms with van der Waals surface area (Å²) in [6.45, 7) is 0. The minimum atomic E-state index is -0.417. The van der Waals surface area contributed by atoms with Gasteiger partial charge in [-0.3, -0.25) is 0 Å². The van der Waals surface area contributed by atoms with Gasteiger partial charge >= 0.3 is 0 Å². The van der Waals surface area contributed by atoms with E-state index in [1.807, 2.05) is 6.08 Å². The van der Waals surface area contributed by atoms with Gasteiger partial charge in [-0.15, -0.1) is 0 Å². The van der Waals surface area contributed by atoms with Crippen LogP contribution in [0, 0.1) is 39.9 Å². The molecule has 54 valence electrons. The van der Waals surface area contributed by atoms with Crippen LogP contribution in [0.15, 0.2) is 12.2 Å². The molecule has 2 heteroatoms. The maximum atomic E-state index is 8.89. The molecule has 0 saturated heterocycles. The van der Waals surface area contributed by atoms with Crippen LogP contribution in [0.1, 0.15) is 12.8 Å². The lowest BCUT2D eigenvalue weighted by molar-refractivity contribution is 0.447. The summed E-state index contributed by atoms with van der Waals surface area (Å²) in [7, 11) is 0. The SMILES string of the molecule is N#CC1CC2C=CC1(C#N)C2. The van der Waals surface area contributed by atoms with Crippen LogP contribution in [-0.4, -0.2) is 0 Å². The molecule has 2 aliphatic rings. The molecule has 1 fully saturated rings. The molecule has 0 aromatic carbocycles. The van der Waals surface area contributed by atoms with Crippen molar-refractivity contribution >= 4 is 0 Å². The highest BCUT2D eigenvalue weighted by Gasteiger charge is 2.49. The van der Waals surface area contributed by atoms with E-state index in [0.717, 1.165) is 12.8 Å². The molecule has 2 nitrogen and oxygen atoms in total. The van der Waals surface area contributed by atoms with Crippen LogP contribution in [0.25, 0.3) is 0 Å². The molecule has 0 heterocycles. The normalized spacial score (nSPS) is 45.3. The van der Waals surface area contributed by atoms with E-state index in [1.54, 1.807) is 0 Å². The standard InChI is InChI=1S/C9H8N2/c10-5-8-3-7-1-2-9(8,4-7)6-11/h1-2,7-8H,3-4H2. The molecule has 3 atom stereocenters. The molecule has 0 spiro atoms. The van der Waals surface area contributed by atoms with Gasteiger partial charge < -0.3 is 0 Å². The Morgan fingerprint density at radius 1 is 1.45 bits per heavy atom. The van der Waals surface area contributed by atoms with Gasteiger partial charge in [0.15, 0.2) is 0 Å². The molecule has 2 bridgehead atoms. The van der Waals surface area contributed by atoms with E-state index in [-0.39, 0.29) is 5.92 Å². The zero-order chi connectivity index (χ0) is 7.90. The third kappa shape index (κ3) is 0.644. The van der Waals surface area contributed by atoms with Crippen molar-refractivity contribution in [1.29, 1.82) is 10.5 Å². The summed E-state index contributed by atoms with van der Waals surface area (Å²) in [6, 6.07) is 4.47. The first-order valence-corrected chi connectivity index (χ1v) is 3.81. The molecule has 11 heavy (non-hydrogen) atoms. The number of nitrogens with zero attached hydrogens (tertiary/aromatic N) is 2. The Labute approximate surface area is 65.7 Å². The first-order chi connectivity index (χ1) is 5.30. The summed E-state index contributed by atoms with van der Waals surface area (Å²) in [5, 5.41) is 17.6. The van der Waals surface area contributed by atoms with Gasteiger partial charge in [-0.2, -0.15) is 10.5 Å². The minimum absolute atomic E-state index is 0.0532. The molecular formula is C9H8N2. The largest absolute Gasteiger partial charge is 0.198 e. The van der Waals surface area contributed by atoms with Gasteiger partial charge in [-0.1, -0.05) is 12.2 Å². The number of hydrogen-bond acceptors (Lipinski definition) is 2. The van der Waals surface area contributed by atoms with E-state index in [2.05, 4.69) is 18.2 Å². The molecule has 3 unspecified atom stereocenters. The highest BCUT2D eigenvalue weighted by molar-refractivity contribution is 5.30. The number of allylic oxidation sites excluding steroid dienone is 2. The number of rotatable bonds is 0. The molecule has 0 aliphatic heterocycles. The minimum Gasteiger partial charge on any atom is -0.198 e. The third-order valence-corrected chi connectivity index (χ3v) is 2.79. The van der Waals surface area contributed by atoms with Crippen molar-refractivity contribution in [3.05, 3.63) is 12.2 Å². The molecule has 0 N–H and O–H groups in total. The van der Waals surface area contributed by atoms with Crippen LogP contribution in [0.5, 0.6) is 0 Å². The molecule has 0 radical (unpaired) electrons. The quantitative estimate of drug-likeness (QED) is 0.485. The Morgan fingerprint density at radius 2 is 2.27 bits per heavy atom. The van der Waals surface area contributed by atoms with Crippen molar-refractivity contribution in [3.63, 3.8) is 0 Å². The van der Waals surface area contributed by atoms with Crippen molar-refractivity contribution in [3.8, 4) is 12.1 Å². The monoisotopic (exact) mass is 144 g/mol. The Bertz CT molecular complexity index is 292. The van der Waals surface area contributed by atoms with Crippen molar-refractivity contribution in [2.24, 2.45) is 17.3 Å². The zero-order valence-electron chi connectivity index (χ0n) is 6.12. The average Bonchev–Trinajstić information content (AvgIpc) is 2.60. The van der Waals surface area contributed by atoms with Crippen LogP contribution in [0.3, 0.4) is 0 Å². The topological polar surface area (TPSA) is 47.6 Å². The van der Waals surface area contributed by atoms with Crippen LogP contribution < -0.4 is 0 Å². The van der Waals surface area contributed by atoms with E-state index in [0.29, 0.717) is 5.92 Å².